The van der Waals surface area contributed by atoms with E-state index in [9.17, 15) is 28.8 Å². The topological polar surface area (TPSA) is 225 Å². The van der Waals surface area contributed by atoms with Gasteiger partial charge in [0.05, 0.1) is 18.9 Å². The summed E-state index contributed by atoms with van der Waals surface area (Å²) >= 11 is 0. The fraction of sp³-hybridized carbons (Fsp3) is 0.625. The molecule has 0 saturated heterocycles. The van der Waals surface area contributed by atoms with E-state index in [-0.39, 0.29) is 12.3 Å². The number of carboxylic acid groups (broad SMARTS) is 3. The van der Waals surface area contributed by atoms with Crippen LogP contribution in [-0.2, 0) is 28.8 Å². The van der Waals surface area contributed by atoms with E-state index in [0.29, 0.717) is 0 Å². The van der Waals surface area contributed by atoms with Crippen LogP contribution in [-0.4, -0.2) is 75.6 Å². The van der Waals surface area contributed by atoms with Crippen LogP contribution in [0.2, 0.25) is 0 Å². The van der Waals surface area contributed by atoms with Gasteiger partial charge in [-0.15, -0.1) is 0 Å². The molecule has 0 aliphatic rings. The van der Waals surface area contributed by atoms with Crippen LogP contribution in [0.5, 0.6) is 0 Å². The van der Waals surface area contributed by atoms with Gasteiger partial charge in [-0.1, -0.05) is 13.8 Å². The first kappa shape index (κ1) is 25.8. The fourth-order valence-electron chi connectivity index (χ4n) is 2.20. The summed E-state index contributed by atoms with van der Waals surface area (Å²) in [6.07, 6.45) is -1.40. The first-order valence-corrected chi connectivity index (χ1v) is 8.62. The summed E-state index contributed by atoms with van der Waals surface area (Å²) in [7, 11) is 0. The predicted octanol–water partition coefficient (Wildman–Crippen LogP) is -2.52. The lowest BCUT2D eigenvalue weighted by Gasteiger charge is -2.24. The van der Waals surface area contributed by atoms with Crippen molar-refractivity contribution in [2.75, 3.05) is 6.54 Å². The lowest BCUT2D eigenvalue weighted by molar-refractivity contribution is -0.141. The Bertz CT molecular complexity index is 650. The van der Waals surface area contributed by atoms with Crippen LogP contribution in [0.1, 0.15) is 33.1 Å². The molecular formula is C16H26N4O9. The quantitative estimate of drug-likeness (QED) is 0.166. The van der Waals surface area contributed by atoms with Crippen LogP contribution in [0.3, 0.4) is 0 Å². The second kappa shape index (κ2) is 12.3. The van der Waals surface area contributed by atoms with Gasteiger partial charge in [-0.05, 0) is 12.3 Å². The molecule has 0 spiro atoms. The number of rotatable bonds is 13. The van der Waals surface area contributed by atoms with Crippen LogP contribution in [0.4, 0.5) is 0 Å². The maximum absolute atomic E-state index is 12.5. The third-order valence-corrected chi connectivity index (χ3v) is 3.50. The van der Waals surface area contributed by atoms with E-state index in [1.165, 1.54) is 0 Å². The van der Waals surface area contributed by atoms with Crippen LogP contribution in [0.25, 0.3) is 0 Å². The van der Waals surface area contributed by atoms with E-state index in [0.717, 1.165) is 0 Å². The van der Waals surface area contributed by atoms with E-state index in [1.54, 1.807) is 13.8 Å². The molecule has 13 nitrogen and oxygen atoms in total. The molecule has 0 aliphatic carbocycles. The summed E-state index contributed by atoms with van der Waals surface area (Å²) in [6.45, 7) is 2.69. The second-order valence-electron chi connectivity index (χ2n) is 6.67. The zero-order valence-electron chi connectivity index (χ0n) is 16.0. The maximum Gasteiger partial charge on any atom is 0.322 e. The Morgan fingerprint density at radius 1 is 0.759 bits per heavy atom. The Kier molecular flexibility index (Phi) is 10.9. The van der Waals surface area contributed by atoms with Crippen LogP contribution < -0.4 is 21.7 Å². The van der Waals surface area contributed by atoms with E-state index in [2.05, 4.69) is 10.6 Å². The van der Waals surface area contributed by atoms with Crippen LogP contribution >= 0.6 is 0 Å². The molecule has 0 radical (unpaired) electrons. The monoisotopic (exact) mass is 418 g/mol. The number of amides is 3. The number of hydrogen-bond acceptors (Lipinski definition) is 7. The summed E-state index contributed by atoms with van der Waals surface area (Å²) < 4.78 is 0. The van der Waals surface area contributed by atoms with Crippen molar-refractivity contribution in [1.82, 2.24) is 16.0 Å². The minimum atomic E-state index is -1.58. The highest BCUT2D eigenvalue weighted by Crippen LogP contribution is 2.07. The Morgan fingerprint density at radius 3 is 1.72 bits per heavy atom. The van der Waals surface area contributed by atoms with E-state index in [1.807, 2.05) is 5.32 Å². The number of carbonyl (C=O) groups is 6. The molecule has 0 rings (SSSR count). The van der Waals surface area contributed by atoms with Gasteiger partial charge in [-0.3, -0.25) is 28.8 Å². The number of aliphatic carboxylic acids is 3. The molecule has 0 saturated carbocycles. The van der Waals surface area contributed by atoms with Gasteiger partial charge in [0.2, 0.25) is 17.7 Å². The number of carboxylic acids is 3. The van der Waals surface area contributed by atoms with E-state index >= 15 is 0 Å². The molecule has 0 aromatic carbocycles. The largest absolute Gasteiger partial charge is 0.481 e. The highest BCUT2D eigenvalue weighted by atomic mass is 16.4. The molecule has 0 bridgehead atoms. The molecule has 164 valence electrons. The number of carbonyl (C=O) groups excluding carboxylic acids is 3. The highest BCUT2D eigenvalue weighted by Gasteiger charge is 2.30. The van der Waals surface area contributed by atoms with Gasteiger partial charge in [0.15, 0.2) is 0 Å². The lowest BCUT2D eigenvalue weighted by atomic mass is 10.0. The number of nitrogens with two attached hydrogens (primary N) is 1. The SMILES string of the molecule is CC(C)CC(NC(=O)C(N)CC(=O)O)C(=O)NC(CC(=O)O)C(=O)NCC(=O)O. The minimum absolute atomic E-state index is 0.0912. The third kappa shape index (κ3) is 11.3. The fourth-order valence-corrected chi connectivity index (χ4v) is 2.20. The van der Waals surface area contributed by atoms with Crippen molar-refractivity contribution >= 4 is 35.6 Å². The highest BCUT2D eigenvalue weighted by molar-refractivity contribution is 5.95. The minimum Gasteiger partial charge on any atom is -0.481 e. The Labute approximate surface area is 166 Å². The van der Waals surface area contributed by atoms with Crippen molar-refractivity contribution in [3.05, 3.63) is 0 Å². The smallest absolute Gasteiger partial charge is 0.322 e. The van der Waals surface area contributed by atoms with Crippen molar-refractivity contribution < 1.29 is 44.1 Å². The van der Waals surface area contributed by atoms with Gasteiger partial charge in [0.1, 0.15) is 18.6 Å². The zero-order valence-corrected chi connectivity index (χ0v) is 16.0. The van der Waals surface area contributed by atoms with Crippen molar-refractivity contribution in [2.24, 2.45) is 11.7 Å². The summed E-state index contributed by atoms with van der Waals surface area (Å²) in [6, 6.07) is -4.21. The first-order chi connectivity index (χ1) is 13.3. The summed E-state index contributed by atoms with van der Waals surface area (Å²) in [5.41, 5.74) is 5.46. The molecule has 29 heavy (non-hydrogen) atoms. The number of hydrogen-bond donors (Lipinski definition) is 7. The molecule has 0 aromatic rings. The standard InChI is InChI=1S/C16H26N4O9/c1-7(2)3-9(19-14(27)8(17)4-11(21)22)16(29)20-10(5-12(23)24)15(28)18-6-13(25)26/h7-10H,3-6,17H2,1-2H3,(H,18,28)(H,19,27)(H,20,29)(H,21,22)(H,23,24)(H,25,26). The summed E-state index contributed by atoms with van der Waals surface area (Å²) in [5.74, 6) is -7.04. The molecule has 0 heterocycles. The average Bonchev–Trinajstić information content (AvgIpc) is 2.56. The molecule has 3 unspecified atom stereocenters. The molecule has 0 fully saturated rings. The van der Waals surface area contributed by atoms with Crippen LogP contribution in [0.15, 0.2) is 0 Å². The first-order valence-electron chi connectivity index (χ1n) is 8.62. The molecule has 8 N–H and O–H groups in total. The lowest BCUT2D eigenvalue weighted by Crippen LogP contribution is -2.56. The Balaban J connectivity index is 5.28. The molecule has 0 aliphatic heterocycles. The van der Waals surface area contributed by atoms with Crippen molar-refractivity contribution in [3.63, 3.8) is 0 Å². The normalized spacial score (nSPS) is 13.7. The Morgan fingerprint density at radius 2 is 1.28 bits per heavy atom. The van der Waals surface area contributed by atoms with Crippen LogP contribution in [0, 0.1) is 5.92 Å². The molecular weight excluding hydrogens is 392 g/mol. The average molecular weight is 418 g/mol. The van der Waals surface area contributed by atoms with E-state index in [4.69, 9.17) is 21.1 Å². The van der Waals surface area contributed by atoms with Crippen molar-refractivity contribution in [1.29, 1.82) is 0 Å². The second-order valence-corrected chi connectivity index (χ2v) is 6.67. The van der Waals surface area contributed by atoms with Gasteiger partial charge < -0.3 is 37.0 Å². The van der Waals surface area contributed by atoms with Gasteiger partial charge >= 0.3 is 17.9 Å². The van der Waals surface area contributed by atoms with Gasteiger partial charge in [0.25, 0.3) is 0 Å². The molecule has 3 atom stereocenters. The Hall–Kier alpha value is -3.22. The molecule has 13 heteroatoms. The summed E-state index contributed by atoms with van der Waals surface area (Å²) in [5, 5.41) is 32.6. The van der Waals surface area contributed by atoms with Gasteiger partial charge in [-0.2, -0.15) is 0 Å². The van der Waals surface area contributed by atoms with Crippen molar-refractivity contribution in [3.8, 4) is 0 Å². The third-order valence-electron chi connectivity index (χ3n) is 3.50. The predicted molar refractivity (Wildman–Crippen MR) is 96.4 cm³/mol. The van der Waals surface area contributed by atoms with E-state index < -0.39 is 73.1 Å². The zero-order chi connectivity index (χ0) is 22.7. The molecule has 3 amide bonds. The van der Waals surface area contributed by atoms with Gasteiger partial charge in [-0.25, -0.2) is 0 Å². The summed E-state index contributed by atoms with van der Waals surface area (Å²) in [4.78, 5) is 68.7. The van der Waals surface area contributed by atoms with Gasteiger partial charge in [0, 0.05) is 0 Å². The molecule has 0 aromatic heterocycles. The van der Waals surface area contributed by atoms with Crippen molar-refractivity contribution in [2.45, 2.75) is 51.2 Å². The number of nitrogens with one attached hydrogen (secondary N) is 3. The maximum atomic E-state index is 12.5.